The molecule has 0 spiro atoms. The van der Waals surface area contributed by atoms with Gasteiger partial charge in [-0.3, -0.25) is 0 Å². The van der Waals surface area contributed by atoms with E-state index in [-0.39, 0.29) is 0 Å². The molecule has 2 unspecified atom stereocenters. The highest BCUT2D eigenvalue weighted by atomic mass is 32.1. The molecule has 0 aromatic rings. The lowest BCUT2D eigenvalue weighted by Crippen LogP contribution is -2.40. The molecule has 5 heteroatoms. The van der Waals surface area contributed by atoms with Crippen LogP contribution in [0.3, 0.4) is 0 Å². The lowest BCUT2D eigenvalue weighted by atomic mass is 10.0. The molecule has 1 saturated heterocycles. The number of hydrogen-bond acceptors (Lipinski definition) is 3. The van der Waals surface area contributed by atoms with Gasteiger partial charge in [0.25, 0.3) is 0 Å². The van der Waals surface area contributed by atoms with E-state index in [9.17, 15) is 0 Å². The topological polar surface area (TPSA) is 42.5 Å². The second-order valence-electron chi connectivity index (χ2n) is 3.75. The van der Waals surface area contributed by atoms with Crippen molar-refractivity contribution in [3.05, 3.63) is 0 Å². The quantitative estimate of drug-likeness (QED) is 0.534. The predicted molar refractivity (Wildman–Crippen MR) is 64.0 cm³/mol. The third-order valence-corrected chi connectivity index (χ3v) is 2.94. The Hall–Kier alpha value is -0.390. The first-order valence-corrected chi connectivity index (χ1v) is 5.77. The fraction of sp³-hybridized carbons (Fsp3) is 0.900. The van der Waals surface area contributed by atoms with Gasteiger partial charge in [-0.15, -0.1) is 0 Å². The van der Waals surface area contributed by atoms with Gasteiger partial charge >= 0.3 is 0 Å². The summed E-state index contributed by atoms with van der Waals surface area (Å²) in [5.74, 6) is 0.576. The largest absolute Gasteiger partial charge is 0.383 e. The Balaban J connectivity index is 2.05. The van der Waals surface area contributed by atoms with Crippen LogP contribution in [-0.4, -0.2) is 44.6 Å². The normalized spacial score (nSPS) is 25.2. The highest BCUT2D eigenvalue weighted by Crippen LogP contribution is 2.18. The van der Waals surface area contributed by atoms with E-state index in [0.717, 1.165) is 26.1 Å². The summed E-state index contributed by atoms with van der Waals surface area (Å²) in [6.07, 6.45) is 1.47. The van der Waals surface area contributed by atoms with Crippen LogP contribution < -0.4 is 10.6 Å². The van der Waals surface area contributed by atoms with Gasteiger partial charge in [-0.25, -0.2) is 0 Å². The second-order valence-corrected chi connectivity index (χ2v) is 4.16. The van der Waals surface area contributed by atoms with Gasteiger partial charge in [0.15, 0.2) is 5.11 Å². The van der Waals surface area contributed by atoms with Crippen molar-refractivity contribution in [2.75, 3.05) is 33.4 Å². The van der Waals surface area contributed by atoms with E-state index in [0.29, 0.717) is 23.7 Å². The number of methoxy groups -OCH3 is 1. The first-order valence-electron chi connectivity index (χ1n) is 5.36. The zero-order valence-corrected chi connectivity index (χ0v) is 10.2. The average Bonchev–Trinajstić information content (AvgIpc) is 2.61. The van der Waals surface area contributed by atoms with Gasteiger partial charge in [0.2, 0.25) is 0 Å². The van der Waals surface area contributed by atoms with Crippen molar-refractivity contribution in [3.8, 4) is 0 Å². The minimum absolute atomic E-state index is 0.347. The van der Waals surface area contributed by atoms with E-state index in [1.54, 1.807) is 7.11 Å². The Morgan fingerprint density at radius 3 is 2.93 bits per heavy atom. The van der Waals surface area contributed by atoms with E-state index in [1.807, 2.05) is 0 Å². The highest BCUT2D eigenvalue weighted by Gasteiger charge is 2.23. The lowest BCUT2D eigenvalue weighted by molar-refractivity contribution is 0.106. The number of nitrogens with one attached hydrogen (secondary N) is 2. The highest BCUT2D eigenvalue weighted by molar-refractivity contribution is 7.80. The molecule has 0 saturated carbocycles. The van der Waals surface area contributed by atoms with Crippen LogP contribution >= 0.6 is 12.2 Å². The van der Waals surface area contributed by atoms with E-state index in [2.05, 4.69) is 17.6 Å². The molecule has 1 rings (SSSR count). The fourth-order valence-electron chi connectivity index (χ4n) is 1.60. The summed E-state index contributed by atoms with van der Waals surface area (Å²) >= 11 is 5.12. The van der Waals surface area contributed by atoms with Crippen LogP contribution in [-0.2, 0) is 9.47 Å². The standard InChI is InChI=1S/C10H20N2O2S/c1-8-9(3-5-14-8)7-12-10(15)11-4-6-13-2/h8-9H,3-7H2,1-2H3,(H2,11,12,15). The predicted octanol–water partition coefficient (Wildman–Crippen LogP) is 0.522. The molecule has 0 aliphatic carbocycles. The lowest BCUT2D eigenvalue weighted by Gasteiger charge is -2.16. The van der Waals surface area contributed by atoms with Crippen molar-refractivity contribution in [2.24, 2.45) is 5.92 Å². The Morgan fingerprint density at radius 1 is 1.53 bits per heavy atom. The monoisotopic (exact) mass is 232 g/mol. The van der Waals surface area contributed by atoms with Crippen LogP contribution in [0, 0.1) is 5.92 Å². The summed E-state index contributed by atoms with van der Waals surface area (Å²) in [6.45, 7) is 5.29. The maximum Gasteiger partial charge on any atom is 0.166 e. The van der Waals surface area contributed by atoms with Gasteiger partial charge in [-0.2, -0.15) is 0 Å². The molecule has 15 heavy (non-hydrogen) atoms. The second kappa shape index (κ2) is 6.98. The Bertz CT molecular complexity index is 202. The van der Waals surface area contributed by atoms with Crippen molar-refractivity contribution >= 4 is 17.3 Å². The Kier molecular flexibility index (Phi) is 5.90. The van der Waals surface area contributed by atoms with Crippen LogP contribution in [0.15, 0.2) is 0 Å². The number of ether oxygens (including phenoxy) is 2. The van der Waals surface area contributed by atoms with Crippen LogP contribution in [0.5, 0.6) is 0 Å². The summed E-state index contributed by atoms with van der Waals surface area (Å²) in [5.41, 5.74) is 0. The smallest absolute Gasteiger partial charge is 0.166 e. The molecule has 88 valence electrons. The molecule has 0 aromatic carbocycles. The van der Waals surface area contributed by atoms with Crippen LogP contribution in [0.1, 0.15) is 13.3 Å². The Morgan fingerprint density at radius 2 is 2.33 bits per heavy atom. The van der Waals surface area contributed by atoms with Crippen molar-refractivity contribution < 1.29 is 9.47 Å². The average molecular weight is 232 g/mol. The molecule has 2 atom stereocenters. The van der Waals surface area contributed by atoms with Crippen molar-refractivity contribution in [1.82, 2.24) is 10.6 Å². The van der Waals surface area contributed by atoms with E-state index >= 15 is 0 Å². The van der Waals surface area contributed by atoms with Gasteiger partial charge in [0.05, 0.1) is 12.7 Å². The van der Waals surface area contributed by atoms with Crippen LogP contribution in [0.25, 0.3) is 0 Å². The van der Waals surface area contributed by atoms with E-state index in [4.69, 9.17) is 21.7 Å². The zero-order valence-electron chi connectivity index (χ0n) is 9.41. The minimum atomic E-state index is 0.347. The van der Waals surface area contributed by atoms with Gasteiger partial charge in [-0.05, 0) is 25.6 Å². The van der Waals surface area contributed by atoms with Gasteiger partial charge in [-0.1, -0.05) is 0 Å². The minimum Gasteiger partial charge on any atom is -0.383 e. The molecular formula is C10H20N2O2S. The summed E-state index contributed by atoms with van der Waals surface area (Å²) < 4.78 is 10.4. The third-order valence-electron chi connectivity index (χ3n) is 2.65. The molecule has 0 bridgehead atoms. The number of hydrogen-bond donors (Lipinski definition) is 2. The van der Waals surface area contributed by atoms with Gasteiger partial charge in [0, 0.05) is 32.7 Å². The molecule has 0 aromatic heterocycles. The molecule has 0 amide bonds. The molecular weight excluding hydrogens is 212 g/mol. The molecule has 2 N–H and O–H groups in total. The van der Waals surface area contributed by atoms with Gasteiger partial charge < -0.3 is 20.1 Å². The van der Waals surface area contributed by atoms with E-state index in [1.165, 1.54) is 0 Å². The molecule has 1 aliphatic rings. The molecule has 1 fully saturated rings. The SMILES string of the molecule is COCCNC(=S)NCC1CCOC1C. The van der Waals surface area contributed by atoms with Gasteiger partial charge in [0.1, 0.15) is 0 Å². The maximum atomic E-state index is 5.47. The summed E-state index contributed by atoms with van der Waals surface area (Å²) in [5, 5.41) is 6.98. The van der Waals surface area contributed by atoms with Crippen molar-refractivity contribution in [3.63, 3.8) is 0 Å². The number of rotatable bonds is 5. The third kappa shape index (κ3) is 4.77. The Labute approximate surface area is 96.7 Å². The molecule has 4 nitrogen and oxygen atoms in total. The van der Waals surface area contributed by atoms with Crippen molar-refractivity contribution in [1.29, 1.82) is 0 Å². The summed E-state index contributed by atoms with van der Waals surface area (Å²) in [6, 6.07) is 0. The maximum absolute atomic E-state index is 5.47. The molecule has 1 aliphatic heterocycles. The fourth-order valence-corrected chi connectivity index (χ4v) is 1.78. The van der Waals surface area contributed by atoms with Crippen molar-refractivity contribution in [2.45, 2.75) is 19.4 Å². The van der Waals surface area contributed by atoms with Crippen LogP contribution in [0.2, 0.25) is 0 Å². The first-order chi connectivity index (χ1) is 7.24. The summed E-state index contributed by atoms with van der Waals surface area (Å²) in [4.78, 5) is 0. The van der Waals surface area contributed by atoms with Crippen LogP contribution in [0.4, 0.5) is 0 Å². The molecule has 1 heterocycles. The molecule has 0 radical (unpaired) electrons. The number of thiocarbonyl (C=S) groups is 1. The summed E-state index contributed by atoms with van der Waals surface area (Å²) in [7, 11) is 1.68. The zero-order chi connectivity index (χ0) is 11.1. The first kappa shape index (κ1) is 12.7. The van der Waals surface area contributed by atoms with E-state index < -0.39 is 0 Å².